The van der Waals surface area contributed by atoms with Crippen molar-refractivity contribution in [2.45, 2.75) is 44.6 Å². The second-order valence-electron chi connectivity index (χ2n) is 6.05. The summed E-state index contributed by atoms with van der Waals surface area (Å²) in [4.78, 5) is 0. The molecule has 2 aliphatic rings. The smallest absolute Gasteiger partial charge is 0.162 e. The van der Waals surface area contributed by atoms with Gasteiger partial charge in [-0.3, -0.25) is 0 Å². The Bertz CT molecular complexity index is 442. The monoisotopic (exact) mass is 265 g/mol. The lowest BCUT2D eigenvalue weighted by Gasteiger charge is -2.20. The van der Waals surface area contributed by atoms with Crippen molar-refractivity contribution < 1.29 is 8.78 Å². The highest BCUT2D eigenvalue weighted by Crippen LogP contribution is 2.35. The number of nitrogens with one attached hydrogen (secondary N) is 1. The molecule has 19 heavy (non-hydrogen) atoms. The molecule has 2 fully saturated rings. The number of rotatable bonds is 5. The fourth-order valence-electron chi connectivity index (χ4n) is 3.25. The van der Waals surface area contributed by atoms with Gasteiger partial charge in [0, 0.05) is 6.04 Å². The number of hydrogen-bond donors (Lipinski definition) is 1. The van der Waals surface area contributed by atoms with Crippen molar-refractivity contribution in [3.05, 3.63) is 35.4 Å². The molecule has 2 saturated carbocycles. The predicted octanol–water partition coefficient (Wildman–Crippen LogP) is 3.68. The summed E-state index contributed by atoms with van der Waals surface area (Å²) >= 11 is 0. The van der Waals surface area contributed by atoms with Gasteiger partial charge in [-0.05, 0) is 62.1 Å². The molecule has 0 radical (unpaired) electrons. The van der Waals surface area contributed by atoms with E-state index in [0.717, 1.165) is 19.0 Å². The van der Waals surface area contributed by atoms with Gasteiger partial charge < -0.3 is 5.32 Å². The zero-order valence-electron chi connectivity index (χ0n) is 11.2. The average molecular weight is 265 g/mol. The highest BCUT2D eigenvalue weighted by molar-refractivity contribution is 5.19. The molecule has 0 aromatic heterocycles. The minimum Gasteiger partial charge on any atom is -0.314 e. The normalized spacial score (nSPS) is 26.8. The number of hydrogen-bond acceptors (Lipinski definition) is 1. The van der Waals surface area contributed by atoms with Gasteiger partial charge in [-0.25, -0.2) is 8.78 Å². The zero-order chi connectivity index (χ0) is 13.2. The summed E-state index contributed by atoms with van der Waals surface area (Å²) in [7, 11) is 0. The topological polar surface area (TPSA) is 12.0 Å². The van der Waals surface area contributed by atoms with Crippen molar-refractivity contribution in [2.75, 3.05) is 6.54 Å². The van der Waals surface area contributed by atoms with E-state index >= 15 is 0 Å². The fraction of sp³-hybridized carbons (Fsp3) is 0.625. The second-order valence-corrected chi connectivity index (χ2v) is 6.05. The number of halogens is 2. The van der Waals surface area contributed by atoms with E-state index in [2.05, 4.69) is 5.32 Å². The van der Waals surface area contributed by atoms with Crippen molar-refractivity contribution >= 4 is 0 Å². The molecule has 0 saturated heterocycles. The maximum Gasteiger partial charge on any atom is 0.162 e. The van der Waals surface area contributed by atoms with Crippen LogP contribution in [0.25, 0.3) is 0 Å². The van der Waals surface area contributed by atoms with Crippen LogP contribution in [0.2, 0.25) is 0 Å². The lowest BCUT2D eigenvalue weighted by Crippen LogP contribution is -2.27. The minimum atomic E-state index is -0.719. The van der Waals surface area contributed by atoms with Crippen molar-refractivity contribution in [3.8, 4) is 0 Å². The first-order valence-electron chi connectivity index (χ1n) is 7.40. The van der Waals surface area contributed by atoms with Gasteiger partial charge in [-0.1, -0.05) is 18.6 Å². The highest BCUT2D eigenvalue weighted by atomic mass is 19.2. The van der Waals surface area contributed by atoms with Crippen LogP contribution in [0.15, 0.2) is 18.2 Å². The molecule has 0 aliphatic heterocycles. The van der Waals surface area contributed by atoms with E-state index in [1.807, 2.05) is 0 Å². The third-order valence-electron chi connectivity index (χ3n) is 4.58. The van der Waals surface area contributed by atoms with Gasteiger partial charge in [0.2, 0.25) is 0 Å². The summed E-state index contributed by atoms with van der Waals surface area (Å²) in [5, 5.41) is 3.57. The third kappa shape index (κ3) is 3.14. The van der Waals surface area contributed by atoms with E-state index in [1.54, 1.807) is 12.1 Å². The Balaban J connectivity index is 1.62. The molecule has 0 heterocycles. The van der Waals surface area contributed by atoms with Gasteiger partial charge >= 0.3 is 0 Å². The molecule has 2 atom stereocenters. The van der Waals surface area contributed by atoms with Gasteiger partial charge in [0.15, 0.2) is 11.6 Å². The van der Waals surface area contributed by atoms with Crippen LogP contribution >= 0.6 is 0 Å². The van der Waals surface area contributed by atoms with E-state index in [9.17, 15) is 8.78 Å². The molecule has 0 bridgehead atoms. The van der Waals surface area contributed by atoms with Gasteiger partial charge in [-0.2, -0.15) is 0 Å². The summed E-state index contributed by atoms with van der Waals surface area (Å²) < 4.78 is 26.9. The third-order valence-corrected chi connectivity index (χ3v) is 4.58. The molecule has 1 N–H and O–H groups in total. The van der Waals surface area contributed by atoms with Gasteiger partial charge in [0.05, 0.1) is 0 Å². The van der Waals surface area contributed by atoms with Crippen LogP contribution in [0.4, 0.5) is 8.78 Å². The Morgan fingerprint density at radius 2 is 1.84 bits per heavy atom. The van der Waals surface area contributed by atoms with E-state index in [1.165, 1.54) is 31.7 Å². The zero-order valence-corrected chi connectivity index (χ0v) is 11.2. The molecule has 1 aromatic rings. The summed E-state index contributed by atoms with van der Waals surface area (Å²) in [6, 6.07) is 5.26. The molecular formula is C16H21F2N. The van der Waals surface area contributed by atoms with Gasteiger partial charge in [-0.15, -0.1) is 0 Å². The van der Waals surface area contributed by atoms with Crippen LogP contribution in [0, 0.1) is 23.5 Å². The second kappa shape index (κ2) is 5.58. The van der Waals surface area contributed by atoms with Gasteiger partial charge in [0.25, 0.3) is 0 Å². The van der Waals surface area contributed by atoms with E-state index in [0.29, 0.717) is 23.8 Å². The lowest BCUT2D eigenvalue weighted by molar-refractivity contribution is 0.358. The fourth-order valence-corrected chi connectivity index (χ4v) is 3.25. The van der Waals surface area contributed by atoms with E-state index in [4.69, 9.17) is 0 Å². The molecule has 1 aromatic carbocycles. The summed E-state index contributed by atoms with van der Waals surface area (Å²) in [6.07, 6.45) is 6.87. The SMILES string of the molecule is Fc1cccc(CC2CCCC2CNC2CC2)c1F. The highest BCUT2D eigenvalue weighted by Gasteiger charge is 2.30. The van der Waals surface area contributed by atoms with Crippen LogP contribution in [0.5, 0.6) is 0 Å². The Labute approximate surface area is 113 Å². The predicted molar refractivity (Wildman–Crippen MR) is 71.9 cm³/mol. The molecule has 2 unspecified atom stereocenters. The molecular weight excluding hydrogens is 244 g/mol. The molecule has 2 aliphatic carbocycles. The first-order valence-corrected chi connectivity index (χ1v) is 7.40. The van der Waals surface area contributed by atoms with Crippen molar-refractivity contribution in [1.82, 2.24) is 5.32 Å². The van der Waals surface area contributed by atoms with E-state index < -0.39 is 11.6 Å². The maximum absolute atomic E-state index is 13.7. The first kappa shape index (κ1) is 13.0. The van der Waals surface area contributed by atoms with Crippen molar-refractivity contribution in [1.29, 1.82) is 0 Å². The van der Waals surface area contributed by atoms with Crippen LogP contribution in [0.1, 0.15) is 37.7 Å². The van der Waals surface area contributed by atoms with Crippen LogP contribution in [-0.4, -0.2) is 12.6 Å². The van der Waals surface area contributed by atoms with Crippen molar-refractivity contribution in [2.24, 2.45) is 11.8 Å². The van der Waals surface area contributed by atoms with Gasteiger partial charge in [0.1, 0.15) is 0 Å². The van der Waals surface area contributed by atoms with Crippen LogP contribution in [-0.2, 0) is 6.42 Å². The summed E-state index contributed by atoms with van der Waals surface area (Å²) in [5.74, 6) is -0.239. The largest absolute Gasteiger partial charge is 0.314 e. The van der Waals surface area contributed by atoms with Crippen LogP contribution < -0.4 is 5.32 Å². The lowest BCUT2D eigenvalue weighted by atomic mass is 9.89. The molecule has 3 heteroatoms. The summed E-state index contributed by atoms with van der Waals surface area (Å²) in [5.41, 5.74) is 0.545. The average Bonchev–Trinajstić information content (AvgIpc) is 3.13. The van der Waals surface area contributed by atoms with Crippen LogP contribution in [0.3, 0.4) is 0 Å². The molecule has 3 rings (SSSR count). The Hall–Kier alpha value is -0.960. The quantitative estimate of drug-likeness (QED) is 0.856. The maximum atomic E-state index is 13.7. The standard InChI is InChI=1S/C16H21F2N/c17-15-6-2-4-12(16(15)18)9-11-3-1-5-13(11)10-19-14-7-8-14/h2,4,6,11,13-14,19H,1,3,5,7-10H2. The molecule has 0 spiro atoms. The number of benzene rings is 1. The molecule has 104 valence electrons. The van der Waals surface area contributed by atoms with Crippen molar-refractivity contribution in [3.63, 3.8) is 0 Å². The Kier molecular flexibility index (Phi) is 3.83. The first-order chi connectivity index (χ1) is 9.24. The summed E-state index contributed by atoms with van der Waals surface area (Å²) in [6.45, 7) is 1.05. The Morgan fingerprint density at radius 1 is 1.05 bits per heavy atom. The Morgan fingerprint density at radius 3 is 2.63 bits per heavy atom. The minimum absolute atomic E-state index is 0.502. The molecule has 0 amide bonds. The van der Waals surface area contributed by atoms with E-state index in [-0.39, 0.29) is 0 Å². The molecule has 1 nitrogen and oxygen atoms in total.